The first-order valence-corrected chi connectivity index (χ1v) is 7.57. The second-order valence-corrected chi connectivity index (χ2v) is 6.16. The van der Waals surface area contributed by atoms with E-state index >= 15 is 0 Å². The number of benzene rings is 1. The first kappa shape index (κ1) is 16.0. The van der Waals surface area contributed by atoms with Crippen molar-refractivity contribution in [1.82, 2.24) is 0 Å². The number of nitrogens with zero attached hydrogens (tertiary/aromatic N) is 2. The lowest BCUT2D eigenvalue weighted by atomic mass is 9.66. The molecule has 1 aromatic rings. The fourth-order valence-electron chi connectivity index (χ4n) is 3.49. The zero-order valence-corrected chi connectivity index (χ0v) is 12.8. The Morgan fingerprint density at radius 3 is 2.36 bits per heavy atom. The third-order valence-corrected chi connectivity index (χ3v) is 4.76. The van der Waals surface area contributed by atoms with E-state index in [0.717, 1.165) is 23.8 Å². The summed E-state index contributed by atoms with van der Waals surface area (Å²) in [6, 6.07) is 12.3. The van der Waals surface area contributed by atoms with Crippen molar-refractivity contribution in [2.75, 3.05) is 0 Å². The molecule has 0 spiro atoms. The van der Waals surface area contributed by atoms with E-state index < -0.39 is 5.41 Å². The lowest BCUT2D eigenvalue weighted by molar-refractivity contribution is -0.112. The predicted molar refractivity (Wildman–Crippen MR) is 84.7 cm³/mol. The number of aryl methyl sites for hydroxylation is 1. The summed E-state index contributed by atoms with van der Waals surface area (Å²) < 4.78 is 0. The molecule has 1 saturated carbocycles. The largest absolute Gasteiger partial charge is 0.303 e. The van der Waals surface area contributed by atoms with E-state index in [-0.39, 0.29) is 17.8 Å². The van der Waals surface area contributed by atoms with Gasteiger partial charge in [0, 0.05) is 11.8 Å². The number of nitriles is 2. The van der Waals surface area contributed by atoms with Crippen molar-refractivity contribution in [1.29, 1.82) is 10.5 Å². The highest BCUT2D eigenvalue weighted by Crippen LogP contribution is 2.49. The molecule has 0 aliphatic heterocycles. The van der Waals surface area contributed by atoms with E-state index in [1.54, 1.807) is 0 Å². The van der Waals surface area contributed by atoms with Crippen molar-refractivity contribution in [2.45, 2.75) is 32.1 Å². The summed E-state index contributed by atoms with van der Waals surface area (Å²) in [5.74, 6) is -0.602. The molecule has 0 unspecified atom stereocenters. The van der Waals surface area contributed by atoms with Crippen molar-refractivity contribution < 1.29 is 4.79 Å². The fourth-order valence-corrected chi connectivity index (χ4v) is 3.49. The molecule has 0 N–H and O–H groups in total. The number of hydrogen-bond donors (Lipinski definition) is 0. The van der Waals surface area contributed by atoms with Crippen molar-refractivity contribution in [2.24, 2.45) is 17.3 Å². The van der Waals surface area contributed by atoms with Crippen molar-refractivity contribution in [3.63, 3.8) is 0 Å². The second kappa shape index (κ2) is 6.58. The van der Waals surface area contributed by atoms with E-state index in [2.05, 4.69) is 18.7 Å². The van der Waals surface area contributed by atoms with Crippen LogP contribution < -0.4 is 0 Å². The Morgan fingerprint density at radius 1 is 1.23 bits per heavy atom. The van der Waals surface area contributed by atoms with Crippen LogP contribution in [0.1, 0.15) is 36.3 Å². The average Bonchev–Trinajstić information content (AvgIpc) is 2.72. The molecule has 0 heterocycles. The lowest BCUT2D eigenvalue weighted by Crippen LogP contribution is -2.31. The molecule has 1 fully saturated rings. The van der Waals surface area contributed by atoms with Gasteiger partial charge in [0.2, 0.25) is 0 Å². The molecule has 0 radical (unpaired) electrons. The monoisotopic (exact) mass is 292 g/mol. The zero-order chi connectivity index (χ0) is 16.2. The van der Waals surface area contributed by atoms with Crippen LogP contribution in [0.2, 0.25) is 0 Å². The maximum Gasteiger partial charge on any atom is 0.151 e. The molecular formula is C19H20N2O. The van der Waals surface area contributed by atoms with Crippen LogP contribution in [-0.2, 0) is 4.79 Å². The smallest absolute Gasteiger partial charge is 0.151 e. The van der Waals surface area contributed by atoms with Gasteiger partial charge in [-0.25, -0.2) is 0 Å². The predicted octanol–water partition coefficient (Wildman–Crippen LogP) is 3.91. The minimum atomic E-state index is -1.18. The maximum absolute atomic E-state index is 11.6. The van der Waals surface area contributed by atoms with Gasteiger partial charge in [-0.05, 0) is 37.7 Å². The zero-order valence-electron chi connectivity index (χ0n) is 12.8. The van der Waals surface area contributed by atoms with Gasteiger partial charge in [0.25, 0.3) is 0 Å². The van der Waals surface area contributed by atoms with Crippen LogP contribution in [0.3, 0.4) is 0 Å². The summed E-state index contributed by atoms with van der Waals surface area (Å²) >= 11 is 0. The molecule has 3 heteroatoms. The average molecular weight is 292 g/mol. The van der Waals surface area contributed by atoms with Crippen LogP contribution in [-0.4, -0.2) is 6.29 Å². The number of aldehydes is 1. The van der Waals surface area contributed by atoms with E-state index in [1.165, 1.54) is 0 Å². The summed E-state index contributed by atoms with van der Waals surface area (Å²) in [5, 5.41) is 19.5. The SMILES string of the molecule is C=C[C@@H]1CC[C@H](C=O)[C@@H](c2ccc(C)cc2)C(C#N)(C#N)C1. The van der Waals surface area contributed by atoms with Crippen LogP contribution in [0.25, 0.3) is 0 Å². The molecule has 1 aliphatic rings. The highest BCUT2D eigenvalue weighted by atomic mass is 16.1. The van der Waals surface area contributed by atoms with E-state index in [1.807, 2.05) is 37.3 Å². The van der Waals surface area contributed by atoms with Crippen LogP contribution >= 0.6 is 0 Å². The highest BCUT2D eigenvalue weighted by Gasteiger charge is 2.47. The number of rotatable bonds is 3. The molecular weight excluding hydrogens is 272 g/mol. The van der Waals surface area contributed by atoms with E-state index in [0.29, 0.717) is 12.8 Å². The summed E-state index contributed by atoms with van der Waals surface area (Å²) in [7, 11) is 0. The molecule has 0 bridgehead atoms. The standard InChI is InChI=1S/C19H20N2O/c1-3-15-6-9-17(11-22)18(19(10-15,12-20)13-21)16-7-4-14(2)5-8-16/h3-5,7-8,11,15,17-18H,1,6,9-10H2,2H3/t15-,17-,18-/m1/s1. The number of allylic oxidation sites excluding steroid dienone is 1. The second-order valence-electron chi connectivity index (χ2n) is 6.16. The number of carbonyl (C=O) groups is 1. The molecule has 22 heavy (non-hydrogen) atoms. The minimum Gasteiger partial charge on any atom is -0.303 e. The van der Waals surface area contributed by atoms with Gasteiger partial charge >= 0.3 is 0 Å². The molecule has 3 nitrogen and oxygen atoms in total. The molecule has 2 rings (SSSR count). The number of hydrogen-bond acceptors (Lipinski definition) is 3. The fraction of sp³-hybridized carbons (Fsp3) is 0.421. The summed E-state index contributed by atoms with van der Waals surface area (Å²) in [4.78, 5) is 11.6. The van der Waals surface area contributed by atoms with Crippen LogP contribution in [0.4, 0.5) is 0 Å². The number of carbonyl (C=O) groups excluding carboxylic acids is 1. The van der Waals surface area contributed by atoms with Crippen molar-refractivity contribution >= 4 is 6.29 Å². The lowest BCUT2D eigenvalue weighted by Gasteiger charge is -2.31. The van der Waals surface area contributed by atoms with Crippen LogP contribution in [0.15, 0.2) is 36.9 Å². The van der Waals surface area contributed by atoms with Crippen LogP contribution in [0, 0.1) is 46.8 Å². The van der Waals surface area contributed by atoms with Gasteiger partial charge in [-0.1, -0.05) is 35.9 Å². The molecule has 1 aliphatic carbocycles. The Hall–Kier alpha value is -2.39. The summed E-state index contributed by atoms with van der Waals surface area (Å²) in [6.45, 7) is 5.80. The van der Waals surface area contributed by atoms with Gasteiger partial charge in [-0.3, -0.25) is 0 Å². The Kier molecular flexibility index (Phi) is 4.78. The molecule has 3 atom stereocenters. The molecule has 112 valence electrons. The summed E-state index contributed by atoms with van der Waals surface area (Å²) in [5.41, 5.74) is 0.829. The van der Waals surface area contributed by atoms with Crippen LogP contribution in [0.5, 0.6) is 0 Å². The molecule has 0 amide bonds. The normalized spacial score (nSPS) is 27.0. The van der Waals surface area contributed by atoms with Gasteiger partial charge < -0.3 is 4.79 Å². The third-order valence-electron chi connectivity index (χ3n) is 4.76. The van der Waals surface area contributed by atoms with Crippen molar-refractivity contribution in [3.05, 3.63) is 48.0 Å². The molecule has 1 aromatic carbocycles. The first-order valence-electron chi connectivity index (χ1n) is 7.57. The minimum absolute atomic E-state index is 0.0946. The quantitative estimate of drug-likeness (QED) is 0.482. The Balaban J connectivity index is 2.58. The Morgan fingerprint density at radius 2 is 1.86 bits per heavy atom. The Bertz CT molecular complexity index is 619. The van der Waals surface area contributed by atoms with E-state index in [4.69, 9.17) is 0 Å². The third kappa shape index (κ3) is 2.81. The van der Waals surface area contributed by atoms with Gasteiger partial charge in [0.15, 0.2) is 5.41 Å². The molecule has 0 saturated heterocycles. The van der Waals surface area contributed by atoms with Crippen molar-refractivity contribution in [3.8, 4) is 12.1 Å². The first-order chi connectivity index (χ1) is 10.6. The Labute approximate surface area is 131 Å². The molecule has 0 aromatic heterocycles. The maximum atomic E-state index is 11.6. The van der Waals surface area contributed by atoms with E-state index in [9.17, 15) is 15.3 Å². The van der Waals surface area contributed by atoms with Gasteiger partial charge in [-0.15, -0.1) is 6.58 Å². The highest BCUT2D eigenvalue weighted by molar-refractivity contribution is 5.58. The topological polar surface area (TPSA) is 64.7 Å². The van der Waals surface area contributed by atoms with Gasteiger partial charge in [0.1, 0.15) is 6.29 Å². The summed E-state index contributed by atoms with van der Waals surface area (Å²) in [6.07, 6.45) is 4.64. The van der Waals surface area contributed by atoms with Gasteiger partial charge in [0.05, 0.1) is 12.1 Å². The van der Waals surface area contributed by atoms with Gasteiger partial charge in [-0.2, -0.15) is 10.5 Å².